The Balaban J connectivity index is 2.30. The lowest BCUT2D eigenvalue weighted by Crippen LogP contribution is -2.19. The molecule has 0 bridgehead atoms. The summed E-state index contributed by atoms with van der Waals surface area (Å²) in [5, 5.41) is 0. The van der Waals surface area contributed by atoms with Crippen molar-refractivity contribution < 1.29 is 0 Å². The molecule has 0 saturated carbocycles. The Morgan fingerprint density at radius 3 is 2.71 bits per heavy atom. The maximum atomic E-state index is 5.82. The first-order chi connectivity index (χ1) is 6.68. The van der Waals surface area contributed by atoms with E-state index in [-0.39, 0.29) is 0 Å². The summed E-state index contributed by atoms with van der Waals surface area (Å²) in [5.41, 5.74) is 7.53. The summed E-state index contributed by atoms with van der Waals surface area (Å²) >= 11 is 1.95. The van der Waals surface area contributed by atoms with Crippen LogP contribution in [0.2, 0.25) is 0 Å². The fourth-order valence-corrected chi connectivity index (χ4v) is 2.23. The zero-order valence-electron chi connectivity index (χ0n) is 8.53. The smallest absolute Gasteiger partial charge is 0.133 e. The minimum Gasteiger partial charge on any atom is -0.396 e. The van der Waals surface area contributed by atoms with Crippen molar-refractivity contribution in [1.82, 2.24) is 9.97 Å². The highest BCUT2D eigenvalue weighted by Gasteiger charge is 2.23. The molecule has 2 rings (SSSR count). The first-order valence-electron chi connectivity index (χ1n) is 4.88. The molecule has 1 aliphatic heterocycles. The zero-order valence-corrected chi connectivity index (χ0v) is 9.34. The van der Waals surface area contributed by atoms with Gasteiger partial charge in [-0.15, -0.1) is 0 Å². The Labute approximate surface area is 88.5 Å². The fraction of sp³-hybridized carbons (Fsp3) is 0.600. The van der Waals surface area contributed by atoms with E-state index >= 15 is 0 Å². The lowest BCUT2D eigenvalue weighted by molar-refractivity contribution is 0.726. The topological polar surface area (TPSA) is 51.8 Å². The van der Waals surface area contributed by atoms with E-state index in [9.17, 15) is 0 Å². The minimum atomic E-state index is 0.379. The molecule has 1 saturated heterocycles. The van der Waals surface area contributed by atoms with Crippen molar-refractivity contribution in [3.05, 3.63) is 17.7 Å². The van der Waals surface area contributed by atoms with E-state index in [1.54, 1.807) is 6.20 Å². The quantitative estimate of drug-likeness (QED) is 0.809. The Kier molecular flexibility index (Phi) is 2.63. The van der Waals surface area contributed by atoms with Crippen LogP contribution in [0.1, 0.15) is 37.2 Å². The van der Waals surface area contributed by atoms with Gasteiger partial charge in [0, 0.05) is 17.4 Å². The highest BCUT2D eigenvalue weighted by Crippen LogP contribution is 2.32. The van der Waals surface area contributed by atoms with Gasteiger partial charge < -0.3 is 5.73 Å². The van der Waals surface area contributed by atoms with Gasteiger partial charge in [-0.3, -0.25) is 0 Å². The molecular formula is C10H15N3S. The van der Waals surface area contributed by atoms with Crippen molar-refractivity contribution in [2.75, 3.05) is 17.2 Å². The van der Waals surface area contributed by atoms with Crippen LogP contribution in [0.5, 0.6) is 0 Å². The van der Waals surface area contributed by atoms with Crippen LogP contribution < -0.4 is 5.73 Å². The van der Waals surface area contributed by atoms with E-state index < -0.39 is 0 Å². The average Bonchev–Trinajstić information content (AvgIpc) is 2.04. The van der Waals surface area contributed by atoms with Crippen LogP contribution in [-0.2, 0) is 0 Å². The van der Waals surface area contributed by atoms with E-state index in [2.05, 4.69) is 23.8 Å². The van der Waals surface area contributed by atoms with Crippen LogP contribution in [0.15, 0.2) is 6.20 Å². The van der Waals surface area contributed by atoms with Crippen molar-refractivity contribution in [1.29, 1.82) is 0 Å². The van der Waals surface area contributed by atoms with E-state index in [0.29, 0.717) is 11.8 Å². The summed E-state index contributed by atoms with van der Waals surface area (Å²) < 4.78 is 0. The van der Waals surface area contributed by atoms with Gasteiger partial charge in [0.1, 0.15) is 5.82 Å². The van der Waals surface area contributed by atoms with E-state index in [1.165, 1.54) is 0 Å². The molecule has 0 radical (unpaired) electrons. The van der Waals surface area contributed by atoms with Gasteiger partial charge in [-0.2, -0.15) is 11.8 Å². The molecule has 3 nitrogen and oxygen atoms in total. The molecule has 0 aliphatic carbocycles. The van der Waals surface area contributed by atoms with Crippen LogP contribution in [0.25, 0.3) is 0 Å². The molecule has 14 heavy (non-hydrogen) atoms. The third kappa shape index (κ3) is 1.71. The number of anilines is 1. The molecule has 2 heterocycles. The number of nitrogen functional groups attached to an aromatic ring is 1. The predicted octanol–water partition coefficient (Wildman–Crippen LogP) is 2.01. The second-order valence-corrected chi connectivity index (χ2v) is 5.03. The van der Waals surface area contributed by atoms with Crippen LogP contribution >= 0.6 is 11.8 Å². The second kappa shape index (κ2) is 3.77. The highest BCUT2D eigenvalue weighted by atomic mass is 32.2. The lowest BCUT2D eigenvalue weighted by atomic mass is 10.1. The third-order valence-corrected chi connectivity index (χ3v) is 3.69. The SMILES string of the molecule is CC(C)c1nc(C2CSC2)ncc1N. The summed E-state index contributed by atoms with van der Waals surface area (Å²) in [6.07, 6.45) is 1.75. The molecule has 1 fully saturated rings. The Morgan fingerprint density at radius 1 is 1.50 bits per heavy atom. The number of hydrogen-bond acceptors (Lipinski definition) is 4. The summed E-state index contributed by atoms with van der Waals surface area (Å²) in [6.45, 7) is 4.22. The van der Waals surface area contributed by atoms with Crippen molar-refractivity contribution in [3.63, 3.8) is 0 Å². The number of nitrogens with zero attached hydrogens (tertiary/aromatic N) is 2. The van der Waals surface area contributed by atoms with Gasteiger partial charge in [-0.25, -0.2) is 9.97 Å². The molecule has 1 aliphatic rings. The first-order valence-corrected chi connectivity index (χ1v) is 6.04. The highest BCUT2D eigenvalue weighted by molar-refractivity contribution is 8.00. The molecule has 0 aromatic carbocycles. The number of rotatable bonds is 2. The second-order valence-electron chi connectivity index (χ2n) is 3.96. The lowest BCUT2D eigenvalue weighted by Gasteiger charge is -2.24. The number of aromatic nitrogens is 2. The monoisotopic (exact) mass is 209 g/mol. The Bertz CT molecular complexity index is 334. The Hall–Kier alpha value is -0.770. The average molecular weight is 209 g/mol. The maximum Gasteiger partial charge on any atom is 0.133 e. The van der Waals surface area contributed by atoms with Crippen molar-refractivity contribution in [2.45, 2.75) is 25.7 Å². The summed E-state index contributed by atoms with van der Waals surface area (Å²) in [7, 11) is 0. The normalized spacial score (nSPS) is 17.1. The maximum absolute atomic E-state index is 5.82. The molecule has 0 unspecified atom stereocenters. The van der Waals surface area contributed by atoms with Gasteiger partial charge in [0.2, 0.25) is 0 Å². The molecule has 0 amide bonds. The van der Waals surface area contributed by atoms with Crippen molar-refractivity contribution in [3.8, 4) is 0 Å². The van der Waals surface area contributed by atoms with Crippen LogP contribution in [0.3, 0.4) is 0 Å². The van der Waals surface area contributed by atoms with Crippen LogP contribution in [0, 0.1) is 0 Å². The number of nitrogens with two attached hydrogens (primary N) is 1. The predicted molar refractivity (Wildman–Crippen MR) is 60.6 cm³/mol. The van der Waals surface area contributed by atoms with Gasteiger partial charge in [-0.05, 0) is 5.92 Å². The minimum absolute atomic E-state index is 0.379. The molecule has 2 N–H and O–H groups in total. The summed E-state index contributed by atoms with van der Waals surface area (Å²) in [4.78, 5) is 8.84. The molecule has 1 aromatic heterocycles. The van der Waals surface area contributed by atoms with Gasteiger partial charge in [-0.1, -0.05) is 13.8 Å². The Morgan fingerprint density at radius 2 is 2.21 bits per heavy atom. The van der Waals surface area contributed by atoms with E-state index in [1.807, 2.05) is 11.8 Å². The van der Waals surface area contributed by atoms with Crippen LogP contribution in [0.4, 0.5) is 5.69 Å². The molecule has 0 spiro atoms. The van der Waals surface area contributed by atoms with Crippen molar-refractivity contribution in [2.24, 2.45) is 0 Å². The van der Waals surface area contributed by atoms with Gasteiger partial charge in [0.25, 0.3) is 0 Å². The van der Waals surface area contributed by atoms with E-state index in [4.69, 9.17) is 5.73 Å². The molecule has 4 heteroatoms. The van der Waals surface area contributed by atoms with E-state index in [0.717, 1.165) is 28.7 Å². The standard InChI is InChI=1S/C10H15N3S/c1-6(2)9-8(11)3-12-10(13-9)7-4-14-5-7/h3,6-7H,4-5,11H2,1-2H3. The fourth-order valence-electron chi connectivity index (χ4n) is 1.46. The molecule has 0 atom stereocenters. The largest absolute Gasteiger partial charge is 0.396 e. The van der Waals surface area contributed by atoms with Gasteiger partial charge >= 0.3 is 0 Å². The van der Waals surface area contributed by atoms with Gasteiger partial charge in [0.05, 0.1) is 17.6 Å². The first kappa shape index (κ1) is 9.77. The number of thioether (sulfide) groups is 1. The zero-order chi connectivity index (χ0) is 10.1. The number of hydrogen-bond donors (Lipinski definition) is 1. The molecule has 1 aromatic rings. The van der Waals surface area contributed by atoms with Gasteiger partial charge in [0.15, 0.2) is 0 Å². The third-order valence-electron chi connectivity index (χ3n) is 2.42. The van der Waals surface area contributed by atoms with Crippen LogP contribution in [-0.4, -0.2) is 21.5 Å². The molecule has 76 valence electrons. The summed E-state index contributed by atoms with van der Waals surface area (Å²) in [6, 6.07) is 0. The summed E-state index contributed by atoms with van der Waals surface area (Å²) in [5.74, 6) is 4.22. The van der Waals surface area contributed by atoms with Crippen molar-refractivity contribution >= 4 is 17.4 Å². The molecular weight excluding hydrogens is 194 g/mol.